The number of nitrogen functional groups attached to an aromatic ring is 1. The molecule has 6 N–H and O–H groups in total. The van der Waals surface area contributed by atoms with E-state index in [0.717, 1.165) is 0 Å². The molecule has 15 heavy (non-hydrogen) atoms. The lowest BCUT2D eigenvalue weighted by Crippen LogP contribution is -2.10. The number of hydrogen-bond acceptors (Lipinski definition) is 5. The number of imidazole rings is 1. The van der Waals surface area contributed by atoms with Crippen molar-refractivity contribution in [3.63, 3.8) is 0 Å². The molecule has 0 unspecified atom stereocenters. The standard InChI is InChI=1S/C5H5N5O.CH2O3/c6-5-9-3-2(4(11)10-5)7-1-8-3;2-1(3)4/h1H,(H4,6,7,8,9,10,11);(H2,2,3,4). The Morgan fingerprint density at radius 2 is 2.07 bits per heavy atom. The minimum atomic E-state index is -1.83. The number of nitrogens with one attached hydrogen (secondary N) is 2. The van der Waals surface area contributed by atoms with E-state index in [4.69, 9.17) is 20.7 Å². The number of aromatic nitrogens is 4. The van der Waals surface area contributed by atoms with E-state index in [9.17, 15) is 4.79 Å². The molecule has 0 aliphatic rings. The Bertz CT molecular complexity index is 526. The van der Waals surface area contributed by atoms with E-state index in [1.54, 1.807) is 0 Å². The average molecular weight is 213 g/mol. The van der Waals surface area contributed by atoms with Gasteiger partial charge in [0, 0.05) is 0 Å². The van der Waals surface area contributed by atoms with E-state index >= 15 is 0 Å². The second-order valence-electron chi connectivity index (χ2n) is 2.33. The Hall–Kier alpha value is -2.58. The largest absolute Gasteiger partial charge is 0.503 e. The van der Waals surface area contributed by atoms with Crippen molar-refractivity contribution in [1.29, 1.82) is 0 Å². The van der Waals surface area contributed by atoms with Gasteiger partial charge in [0.05, 0.1) is 6.33 Å². The van der Waals surface area contributed by atoms with Crippen molar-refractivity contribution in [2.45, 2.75) is 0 Å². The molecule has 0 amide bonds. The van der Waals surface area contributed by atoms with Crippen LogP contribution >= 0.6 is 0 Å². The molecule has 9 heteroatoms. The maximum Gasteiger partial charge on any atom is 0.503 e. The van der Waals surface area contributed by atoms with Gasteiger partial charge in [0.1, 0.15) is 0 Å². The van der Waals surface area contributed by atoms with Crippen LogP contribution in [-0.4, -0.2) is 36.3 Å². The zero-order chi connectivity index (χ0) is 11.4. The summed E-state index contributed by atoms with van der Waals surface area (Å²) in [4.78, 5) is 32.1. The van der Waals surface area contributed by atoms with Crippen LogP contribution in [0.1, 0.15) is 0 Å². The summed E-state index contributed by atoms with van der Waals surface area (Å²) in [7, 11) is 0. The molecule has 2 rings (SSSR count). The van der Waals surface area contributed by atoms with Gasteiger partial charge in [-0.05, 0) is 0 Å². The Morgan fingerprint density at radius 1 is 1.47 bits per heavy atom. The number of fused-ring (bicyclic) bond motifs is 1. The lowest BCUT2D eigenvalue weighted by molar-refractivity contribution is 0.137. The number of rotatable bonds is 0. The smallest absolute Gasteiger partial charge is 0.450 e. The molecule has 0 fully saturated rings. The summed E-state index contributed by atoms with van der Waals surface area (Å²) >= 11 is 0. The molecule has 0 aromatic carbocycles. The van der Waals surface area contributed by atoms with Gasteiger partial charge < -0.3 is 20.9 Å². The number of nitrogens with two attached hydrogens (primary N) is 1. The highest BCUT2D eigenvalue weighted by Gasteiger charge is 2.01. The van der Waals surface area contributed by atoms with Gasteiger partial charge in [0.25, 0.3) is 5.56 Å². The molecule has 0 radical (unpaired) electrons. The number of nitrogens with zero attached hydrogens (tertiary/aromatic N) is 2. The van der Waals surface area contributed by atoms with Crippen LogP contribution in [0.15, 0.2) is 11.1 Å². The van der Waals surface area contributed by atoms with Gasteiger partial charge in [0.2, 0.25) is 5.95 Å². The normalized spacial score (nSPS) is 9.33. The molecule has 2 aromatic rings. The molecule has 0 bridgehead atoms. The summed E-state index contributed by atoms with van der Waals surface area (Å²) < 4.78 is 0. The number of carboxylic acid groups (broad SMARTS) is 2. The molecule has 0 aliphatic carbocycles. The summed E-state index contributed by atoms with van der Waals surface area (Å²) in [5.74, 6) is 0.0896. The fourth-order valence-electron chi connectivity index (χ4n) is 0.863. The second-order valence-corrected chi connectivity index (χ2v) is 2.33. The van der Waals surface area contributed by atoms with Gasteiger partial charge >= 0.3 is 6.16 Å². The first kappa shape index (κ1) is 10.5. The average Bonchev–Trinajstić information content (AvgIpc) is 2.50. The fraction of sp³-hybridized carbons (Fsp3) is 0. The van der Waals surface area contributed by atoms with E-state index in [-0.39, 0.29) is 17.0 Å². The first-order valence-electron chi connectivity index (χ1n) is 3.61. The lowest BCUT2D eigenvalue weighted by atomic mass is 10.5. The van der Waals surface area contributed by atoms with Gasteiger partial charge in [-0.2, -0.15) is 4.98 Å². The SMILES string of the molecule is Nc1nc2[nH]cnc2c(=O)[nH]1.O=C(O)O. The summed E-state index contributed by atoms with van der Waals surface area (Å²) in [6, 6.07) is 0. The first-order chi connectivity index (χ1) is 7.00. The molecule has 9 nitrogen and oxygen atoms in total. The Kier molecular flexibility index (Phi) is 2.86. The number of hydrogen-bond donors (Lipinski definition) is 5. The molecule has 0 saturated heterocycles. The van der Waals surface area contributed by atoms with E-state index < -0.39 is 6.16 Å². The molecule has 0 saturated carbocycles. The van der Waals surface area contributed by atoms with Crippen molar-refractivity contribution in [2.24, 2.45) is 0 Å². The highest BCUT2D eigenvalue weighted by molar-refractivity contribution is 5.69. The Morgan fingerprint density at radius 3 is 2.67 bits per heavy atom. The lowest BCUT2D eigenvalue weighted by Gasteiger charge is -1.89. The molecule has 2 aromatic heterocycles. The summed E-state index contributed by atoms with van der Waals surface area (Å²) in [6.45, 7) is 0. The summed E-state index contributed by atoms with van der Waals surface area (Å²) in [5, 5.41) is 13.9. The predicted molar refractivity (Wildman–Crippen MR) is 49.6 cm³/mol. The minimum Gasteiger partial charge on any atom is -0.450 e. The van der Waals surface area contributed by atoms with Crippen LogP contribution in [0.25, 0.3) is 11.2 Å². The maximum atomic E-state index is 11.0. The predicted octanol–water partition coefficient (Wildman–Crippen LogP) is -0.549. The zero-order valence-electron chi connectivity index (χ0n) is 7.26. The monoisotopic (exact) mass is 213 g/mol. The van der Waals surface area contributed by atoms with Crippen molar-refractivity contribution in [3.05, 3.63) is 16.7 Å². The van der Waals surface area contributed by atoms with Crippen LogP contribution in [0.5, 0.6) is 0 Å². The molecule has 0 spiro atoms. The third-order valence-corrected chi connectivity index (χ3v) is 1.31. The van der Waals surface area contributed by atoms with Gasteiger partial charge in [-0.1, -0.05) is 0 Å². The van der Waals surface area contributed by atoms with Crippen molar-refractivity contribution in [2.75, 3.05) is 5.73 Å². The van der Waals surface area contributed by atoms with Crippen LogP contribution in [0.4, 0.5) is 10.7 Å². The Labute approximate surface area is 81.6 Å². The van der Waals surface area contributed by atoms with Crippen molar-refractivity contribution in [3.8, 4) is 0 Å². The first-order valence-corrected chi connectivity index (χ1v) is 3.61. The Balaban J connectivity index is 0.000000245. The molecule has 0 atom stereocenters. The number of H-pyrrole nitrogens is 2. The van der Waals surface area contributed by atoms with Gasteiger partial charge in [-0.25, -0.2) is 9.78 Å². The van der Waals surface area contributed by atoms with Crippen LogP contribution in [-0.2, 0) is 0 Å². The third kappa shape index (κ3) is 2.69. The van der Waals surface area contributed by atoms with Gasteiger partial charge in [0.15, 0.2) is 11.2 Å². The van der Waals surface area contributed by atoms with Crippen LogP contribution < -0.4 is 11.3 Å². The highest BCUT2D eigenvalue weighted by atomic mass is 16.6. The van der Waals surface area contributed by atoms with Gasteiger partial charge in [-0.15, -0.1) is 0 Å². The van der Waals surface area contributed by atoms with E-state index in [2.05, 4.69) is 19.9 Å². The number of anilines is 1. The summed E-state index contributed by atoms with van der Waals surface area (Å²) in [5.41, 5.74) is 5.63. The van der Waals surface area contributed by atoms with E-state index in [1.165, 1.54) is 6.33 Å². The number of aromatic amines is 2. The molecule has 2 heterocycles. The molecular weight excluding hydrogens is 206 g/mol. The van der Waals surface area contributed by atoms with Crippen LogP contribution in [0.3, 0.4) is 0 Å². The number of carbonyl (C=O) groups is 1. The molecular formula is C6H7N5O4. The van der Waals surface area contributed by atoms with E-state index in [0.29, 0.717) is 5.65 Å². The minimum absolute atomic E-state index is 0.0896. The second kappa shape index (κ2) is 4.09. The summed E-state index contributed by atoms with van der Waals surface area (Å²) in [6.07, 6.45) is -0.438. The topological polar surface area (TPSA) is 158 Å². The van der Waals surface area contributed by atoms with Crippen LogP contribution in [0.2, 0.25) is 0 Å². The quantitative estimate of drug-likeness (QED) is 0.392. The third-order valence-electron chi connectivity index (χ3n) is 1.31. The van der Waals surface area contributed by atoms with Crippen molar-refractivity contribution in [1.82, 2.24) is 19.9 Å². The van der Waals surface area contributed by atoms with Gasteiger partial charge in [-0.3, -0.25) is 9.78 Å². The molecule has 80 valence electrons. The fourth-order valence-corrected chi connectivity index (χ4v) is 0.863. The van der Waals surface area contributed by atoms with Crippen molar-refractivity contribution >= 4 is 23.3 Å². The molecule has 0 aliphatic heterocycles. The highest BCUT2D eigenvalue weighted by Crippen LogP contribution is 1.98. The zero-order valence-corrected chi connectivity index (χ0v) is 7.26. The maximum absolute atomic E-state index is 11.0. The van der Waals surface area contributed by atoms with E-state index in [1.807, 2.05) is 0 Å². The van der Waals surface area contributed by atoms with Crippen LogP contribution in [0, 0.1) is 0 Å². The van der Waals surface area contributed by atoms with Crippen molar-refractivity contribution < 1.29 is 15.0 Å².